The second-order valence-corrected chi connectivity index (χ2v) is 6.68. The van der Waals surface area contributed by atoms with Crippen molar-refractivity contribution >= 4 is 11.9 Å². The second kappa shape index (κ2) is 10.1. The molecule has 0 aliphatic carbocycles. The molecule has 25 heavy (non-hydrogen) atoms. The number of nitrogens with zero attached hydrogens (tertiary/aromatic N) is 2. The molecule has 1 aromatic carbocycles. The zero-order valence-corrected chi connectivity index (χ0v) is 15.8. The number of aliphatic imine (C=N–C) groups is 1. The molecule has 1 aliphatic heterocycles. The summed E-state index contributed by atoms with van der Waals surface area (Å²) in [5.41, 5.74) is 2.42. The van der Waals surface area contributed by atoms with E-state index in [-0.39, 0.29) is 5.91 Å². The van der Waals surface area contributed by atoms with E-state index in [2.05, 4.69) is 41.6 Å². The molecule has 0 saturated carbocycles. The molecule has 0 bridgehead atoms. The highest BCUT2D eigenvalue weighted by molar-refractivity contribution is 5.79. The predicted octanol–water partition coefficient (Wildman–Crippen LogP) is 2.91. The molecule has 2 rings (SSSR count). The summed E-state index contributed by atoms with van der Waals surface area (Å²) in [6.07, 6.45) is 4.01. The van der Waals surface area contributed by atoms with Crippen LogP contribution < -0.4 is 10.6 Å². The van der Waals surface area contributed by atoms with Crippen LogP contribution in [0.1, 0.15) is 50.7 Å². The molecule has 1 amide bonds. The van der Waals surface area contributed by atoms with Crippen LogP contribution in [0.15, 0.2) is 29.3 Å². The molecule has 1 aromatic rings. The second-order valence-electron chi connectivity index (χ2n) is 6.68. The van der Waals surface area contributed by atoms with Crippen LogP contribution in [0.25, 0.3) is 0 Å². The van der Waals surface area contributed by atoms with E-state index in [0.717, 1.165) is 25.5 Å². The van der Waals surface area contributed by atoms with Gasteiger partial charge >= 0.3 is 0 Å². The summed E-state index contributed by atoms with van der Waals surface area (Å²) >= 11 is 0. The van der Waals surface area contributed by atoms with Gasteiger partial charge in [0.15, 0.2) is 5.96 Å². The Morgan fingerprint density at radius 2 is 1.92 bits per heavy atom. The minimum Gasteiger partial charge on any atom is -0.356 e. The van der Waals surface area contributed by atoms with Crippen molar-refractivity contribution in [3.8, 4) is 0 Å². The van der Waals surface area contributed by atoms with Crippen molar-refractivity contribution in [3.63, 3.8) is 0 Å². The fraction of sp³-hybridized carbons (Fsp3) is 0.600. The molecule has 5 nitrogen and oxygen atoms in total. The number of likely N-dealkylation sites (tertiary alicyclic amines) is 1. The molecular formula is C20H32N4O. The lowest BCUT2D eigenvalue weighted by Crippen LogP contribution is -2.39. The van der Waals surface area contributed by atoms with Crippen molar-refractivity contribution in [3.05, 3.63) is 35.4 Å². The zero-order valence-electron chi connectivity index (χ0n) is 15.8. The Kier molecular flexibility index (Phi) is 7.76. The van der Waals surface area contributed by atoms with Crippen LogP contribution in [0.2, 0.25) is 0 Å². The number of nitrogens with one attached hydrogen (secondary N) is 2. The average Bonchev–Trinajstić information content (AvgIpc) is 3.04. The van der Waals surface area contributed by atoms with E-state index < -0.39 is 0 Å². The van der Waals surface area contributed by atoms with E-state index in [9.17, 15) is 4.79 Å². The Labute approximate surface area is 151 Å². The maximum atomic E-state index is 11.9. The van der Waals surface area contributed by atoms with Gasteiger partial charge in [0.1, 0.15) is 0 Å². The van der Waals surface area contributed by atoms with Crippen molar-refractivity contribution in [2.45, 2.75) is 52.6 Å². The van der Waals surface area contributed by atoms with Crippen LogP contribution in [-0.2, 0) is 17.9 Å². The number of benzene rings is 1. The van der Waals surface area contributed by atoms with Gasteiger partial charge in [-0.25, -0.2) is 0 Å². The third kappa shape index (κ3) is 5.76. The summed E-state index contributed by atoms with van der Waals surface area (Å²) < 4.78 is 0. The van der Waals surface area contributed by atoms with Gasteiger partial charge in [0.25, 0.3) is 0 Å². The van der Waals surface area contributed by atoms with Crippen LogP contribution in [0.4, 0.5) is 0 Å². The van der Waals surface area contributed by atoms with Gasteiger partial charge in [0, 0.05) is 39.6 Å². The van der Waals surface area contributed by atoms with Crippen LogP contribution in [0.3, 0.4) is 0 Å². The molecule has 1 saturated heterocycles. The lowest BCUT2D eigenvalue weighted by Gasteiger charge is -2.20. The number of carbonyl (C=O) groups is 1. The summed E-state index contributed by atoms with van der Waals surface area (Å²) in [5.74, 6) is 1.77. The lowest BCUT2D eigenvalue weighted by molar-refractivity contribution is -0.128. The standard InChI is InChI=1S/C20H32N4O/c1-4-16(5-2)13-22-20(21-3)23-14-17-9-6-7-10-18(17)15-24-12-8-11-19(24)25/h6-7,9-10,16H,4-5,8,11-15H2,1-3H3,(H2,21,22,23). The van der Waals surface area contributed by atoms with Gasteiger partial charge in [-0.2, -0.15) is 0 Å². The topological polar surface area (TPSA) is 56.7 Å². The predicted molar refractivity (Wildman–Crippen MR) is 103 cm³/mol. The third-order valence-electron chi connectivity index (χ3n) is 5.03. The van der Waals surface area contributed by atoms with Crippen molar-refractivity contribution in [1.82, 2.24) is 15.5 Å². The lowest BCUT2D eigenvalue weighted by atomic mass is 10.0. The molecule has 2 N–H and O–H groups in total. The fourth-order valence-electron chi connectivity index (χ4n) is 3.18. The SMILES string of the molecule is CCC(CC)CNC(=NC)NCc1ccccc1CN1CCCC1=O. The number of hydrogen-bond donors (Lipinski definition) is 2. The van der Waals surface area contributed by atoms with E-state index in [4.69, 9.17) is 0 Å². The van der Waals surface area contributed by atoms with Gasteiger partial charge in [-0.15, -0.1) is 0 Å². The maximum absolute atomic E-state index is 11.9. The first-order valence-electron chi connectivity index (χ1n) is 9.47. The molecule has 0 radical (unpaired) electrons. The highest BCUT2D eigenvalue weighted by Gasteiger charge is 2.20. The van der Waals surface area contributed by atoms with Gasteiger partial charge in [0.2, 0.25) is 5.91 Å². The monoisotopic (exact) mass is 344 g/mol. The van der Waals surface area contributed by atoms with Gasteiger partial charge in [-0.1, -0.05) is 51.0 Å². The molecule has 0 unspecified atom stereocenters. The van der Waals surface area contributed by atoms with Gasteiger partial charge in [-0.05, 0) is 23.5 Å². The largest absolute Gasteiger partial charge is 0.356 e. The number of guanidine groups is 1. The first kappa shape index (κ1) is 19.3. The molecule has 1 aliphatic rings. The minimum absolute atomic E-state index is 0.269. The molecule has 0 atom stereocenters. The Balaban J connectivity index is 1.92. The van der Waals surface area contributed by atoms with E-state index >= 15 is 0 Å². The number of amides is 1. The Hall–Kier alpha value is -2.04. The molecular weight excluding hydrogens is 312 g/mol. The summed E-state index contributed by atoms with van der Waals surface area (Å²) in [7, 11) is 1.80. The quantitative estimate of drug-likeness (QED) is 0.563. The molecule has 1 fully saturated rings. The highest BCUT2D eigenvalue weighted by atomic mass is 16.2. The van der Waals surface area contributed by atoms with E-state index in [1.54, 1.807) is 7.05 Å². The van der Waals surface area contributed by atoms with Gasteiger partial charge in [0.05, 0.1) is 0 Å². The van der Waals surface area contributed by atoms with Crippen LogP contribution in [0.5, 0.6) is 0 Å². The van der Waals surface area contributed by atoms with Crippen molar-refractivity contribution < 1.29 is 4.79 Å². The first-order chi connectivity index (χ1) is 12.2. The number of rotatable bonds is 8. The van der Waals surface area contributed by atoms with E-state index in [1.807, 2.05) is 17.0 Å². The van der Waals surface area contributed by atoms with Crippen molar-refractivity contribution in [1.29, 1.82) is 0 Å². The van der Waals surface area contributed by atoms with Crippen LogP contribution >= 0.6 is 0 Å². The third-order valence-corrected chi connectivity index (χ3v) is 5.03. The normalized spacial score (nSPS) is 15.1. The Morgan fingerprint density at radius 3 is 2.52 bits per heavy atom. The highest BCUT2D eigenvalue weighted by Crippen LogP contribution is 2.17. The maximum Gasteiger partial charge on any atom is 0.222 e. The van der Waals surface area contributed by atoms with E-state index in [0.29, 0.717) is 25.4 Å². The number of hydrogen-bond acceptors (Lipinski definition) is 2. The Bertz CT molecular complexity index is 581. The average molecular weight is 345 g/mol. The molecule has 0 spiro atoms. The van der Waals surface area contributed by atoms with Crippen LogP contribution in [0, 0.1) is 5.92 Å². The molecule has 1 heterocycles. The molecule has 5 heteroatoms. The first-order valence-corrected chi connectivity index (χ1v) is 9.47. The van der Waals surface area contributed by atoms with Gasteiger partial charge in [-0.3, -0.25) is 9.79 Å². The Morgan fingerprint density at radius 1 is 1.20 bits per heavy atom. The van der Waals surface area contributed by atoms with Crippen molar-refractivity contribution in [2.24, 2.45) is 10.9 Å². The molecule has 138 valence electrons. The molecule has 0 aromatic heterocycles. The fourth-order valence-corrected chi connectivity index (χ4v) is 3.18. The van der Waals surface area contributed by atoms with Gasteiger partial charge < -0.3 is 15.5 Å². The summed E-state index contributed by atoms with van der Waals surface area (Å²) in [6, 6.07) is 8.33. The zero-order chi connectivity index (χ0) is 18.1. The summed E-state index contributed by atoms with van der Waals surface area (Å²) in [4.78, 5) is 18.2. The van der Waals surface area contributed by atoms with Crippen molar-refractivity contribution in [2.75, 3.05) is 20.1 Å². The summed E-state index contributed by atoms with van der Waals surface area (Å²) in [6.45, 7) is 7.68. The summed E-state index contributed by atoms with van der Waals surface area (Å²) in [5, 5.41) is 6.82. The van der Waals surface area contributed by atoms with E-state index in [1.165, 1.54) is 24.0 Å². The smallest absolute Gasteiger partial charge is 0.222 e. The number of carbonyl (C=O) groups excluding carboxylic acids is 1. The minimum atomic E-state index is 0.269. The van der Waals surface area contributed by atoms with Crippen LogP contribution in [-0.4, -0.2) is 36.9 Å².